The van der Waals surface area contributed by atoms with E-state index in [4.69, 9.17) is 0 Å². The van der Waals surface area contributed by atoms with Gasteiger partial charge in [-0.15, -0.1) is 0 Å². The average molecular weight is 399 g/mol. The molecule has 1 N–H and O–H groups in total. The Hall–Kier alpha value is -2.69. The van der Waals surface area contributed by atoms with Gasteiger partial charge in [-0.1, -0.05) is 49.4 Å². The molecule has 0 radical (unpaired) electrons. The highest BCUT2D eigenvalue weighted by Crippen LogP contribution is 2.14. The first kappa shape index (κ1) is 22.6. The van der Waals surface area contributed by atoms with Gasteiger partial charge in [0.25, 0.3) is 0 Å². The Morgan fingerprint density at radius 3 is 2.17 bits per heavy atom. The molecule has 5 heteroatoms. The molecule has 0 saturated carbocycles. The van der Waals surface area contributed by atoms with Crippen LogP contribution >= 0.6 is 0 Å². The maximum absolute atomic E-state index is 13.2. The van der Waals surface area contributed by atoms with Gasteiger partial charge in [0, 0.05) is 12.1 Å². The number of halogens is 1. The summed E-state index contributed by atoms with van der Waals surface area (Å²) in [4.78, 5) is 27.7. The van der Waals surface area contributed by atoms with E-state index in [1.54, 1.807) is 17.0 Å². The molecule has 4 nitrogen and oxygen atoms in total. The van der Waals surface area contributed by atoms with E-state index in [1.165, 1.54) is 12.1 Å². The minimum atomic E-state index is -0.550. The Balaban J connectivity index is 2.21. The Morgan fingerprint density at radius 2 is 1.62 bits per heavy atom. The third-order valence-corrected chi connectivity index (χ3v) is 4.64. The quantitative estimate of drug-likeness (QED) is 0.727. The summed E-state index contributed by atoms with van der Waals surface area (Å²) in [7, 11) is 0. The van der Waals surface area contributed by atoms with Gasteiger partial charge in [0.15, 0.2) is 0 Å². The summed E-state index contributed by atoms with van der Waals surface area (Å²) in [5.74, 6) is -0.623. The largest absolute Gasteiger partial charge is 0.350 e. The minimum Gasteiger partial charge on any atom is -0.350 e. The van der Waals surface area contributed by atoms with Crippen LogP contribution in [0, 0.1) is 5.82 Å². The van der Waals surface area contributed by atoms with E-state index >= 15 is 0 Å². The molecule has 0 aliphatic rings. The molecule has 2 rings (SSSR count). The van der Waals surface area contributed by atoms with Gasteiger partial charge in [0.05, 0.1) is 6.42 Å². The van der Waals surface area contributed by atoms with Crippen LogP contribution < -0.4 is 5.32 Å². The second-order valence-corrected chi connectivity index (χ2v) is 8.29. The first-order chi connectivity index (χ1) is 13.7. The number of rotatable bonds is 8. The minimum absolute atomic E-state index is 0.133. The van der Waals surface area contributed by atoms with E-state index in [0.717, 1.165) is 11.1 Å². The highest BCUT2D eigenvalue weighted by atomic mass is 19.1. The first-order valence-corrected chi connectivity index (χ1v) is 10.1. The Kier molecular flexibility index (Phi) is 7.94. The fourth-order valence-electron chi connectivity index (χ4n) is 3.23. The third kappa shape index (κ3) is 7.33. The van der Waals surface area contributed by atoms with Crippen LogP contribution in [0.4, 0.5) is 4.39 Å². The summed E-state index contributed by atoms with van der Waals surface area (Å²) < 4.78 is 13.2. The molecule has 0 fully saturated rings. The predicted octanol–water partition coefficient (Wildman–Crippen LogP) is 4.13. The van der Waals surface area contributed by atoms with Gasteiger partial charge in [0.1, 0.15) is 11.9 Å². The number of amides is 2. The van der Waals surface area contributed by atoms with Crippen LogP contribution in [-0.2, 0) is 22.4 Å². The summed E-state index contributed by atoms with van der Waals surface area (Å²) in [5, 5.41) is 2.99. The molecule has 0 saturated heterocycles. The molecule has 0 bridgehead atoms. The fourth-order valence-corrected chi connectivity index (χ4v) is 3.23. The van der Waals surface area contributed by atoms with Crippen LogP contribution in [0.5, 0.6) is 0 Å². The molecule has 0 aromatic heterocycles. The monoisotopic (exact) mass is 398 g/mol. The van der Waals surface area contributed by atoms with E-state index in [1.807, 2.05) is 58.0 Å². The van der Waals surface area contributed by atoms with E-state index in [0.29, 0.717) is 19.4 Å². The standard InChI is InChI=1S/C24H31FN2O2/c1-5-21(23(29)26-24(2,3)4)27(16-15-18-9-7-6-8-10-18)22(28)17-19-11-13-20(25)14-12-19/h6-14,21H,5,15-17H2,1-4H3,(H,26,29)/t21-/m0/s1. The molecular weight excluding hydrogens is 367 g/mol. The van der Waals surface area contributed by atoms with Crippen LogP contribution in [-0.4, -0.2) is 34.8 Å². The Bertz CT molecular complexity index is 798. The molecule has 0 spiro atoms. The van der Waals surface area contributed by atoms with Crippen LogP contribution in [0.15, 0.2) is 54.6 Å². The molecular formula is C24H31FN2O2. The van der Waals surface area contributed by atoms with Crippen molar-refractivity contribution in [3.8, 4) is 0 Å². The van der Waals surface area contributed by atoms with Crippen LogP contribution in [0.1, 0.15) is 45.2 Å². The molecule has 0 heterocycles. The Morgan fingerprint density at radius 1 is 1.00 bits per heavy atom. The molecule has 0 aliphatic carbocycles. The highest BCUT2D eigenvalue weighted by Gasteiger charge is 2.30. The van der Waals surface area contributed by atoms with Crippen molar-refractivity contribution in [2.24, 2.45) is 0 Å². The zero-order valence-corrected chi connectivity index (χ0v) is 17.7. The number of carbonyl (C=O) groups is 2. The third-order valence-electron chi connectivity index (χ3n) is 4.64. The van der Waals surface area contributed by atoms with E-state index in [-0.39, 0.29) is 29.6 Å². The van der Waals surface area contributed by atoms with Gasteiger partial charge >= 0.3 is 0 Å². The predicted molar refractivity (Wildman–Crippen MR) is 114 cm³/mol. The molecule has 29 heavy (non-hydrogen) atoms. The summed E-state index contributed by atoms with van der Waals surface area (Å²) >= 11 is 0. The number of hydrogen-bond donors (Lipinski definition) is 1. The number of nitrogens with zero attached hydrogens (tertiary/aromatic N) is 1. The molecule has 2 aromatic rings. The lowest BCUT2D eigenvalue weighted by Gasteiger charge is -2.33. The lowest BCUT2D eigenvalue weighted by atomic mass is 10.0. The zero-order chi connectivity index (χ0) is 21.4. The fraction of sp³-hybridized carbons (Fsp3) is 0.417. The summed E-state index contributed by atoms with van der Waals surface area (Å²) in [6.45, 7) is 8.12. The number of nitrogens with one attached hydrogen (secondary N) is 1. The van der Waals surface area contributed by atoms with Crippen molar-refractivity contribution in [2.75, 3.05) is 6.54 Å². The molecule has 156 valence electrons. The van der Waals surface area contributed by atoms with Crippen molar-refractivity contribution in [1.29, 1.82) is 0 Å². The highest BCUT2D eigenvalue weighted by molar-refractivity contribution is 5.88. The average Bonchev–Trinajstić information content (AvgIpc) is 2.66. The van der Waals surface area contributed by atoms with Crippen molar-refractivity contribution < 1.29 is 14.0 Å². The van der Waals surface area contributed by atoms with Gasteiger partial charge in [-0.3, -0.25) is 9.59 Å². The van der Waals surface area contributed by atoms with Gasteiger partial charge < -0.3 is 10.2 Å². The summed E-state index contributed by atoms with van der Waals surface area (Å²) in [5.41, 5.74) is 1.46. The number of carbonyl (C=O) groups excluding carboxylic acids is 2. The van der Waals surface area contributed by atoms with Gasteiger partial charge in [-0.05, 0) is 56.9 Å². The smallest absolute Gasteiger partial charge is 0.243 e. The van der Waals surface area contributed by atoms with E-state index in [2.05, 4.69) is 5.32 Å². The van der Waals surface area contributed by atoms with Gasteiger partial charge in [-0.2, -0.15) is 0 Å². The number of benzene rings is 2. The summed E-state index contributed by atoms with van der Waals surface area (Å²) in [6.07, 6.45) is 1.32. The lowest BCUT2D eigenvalue weighted by Crippen LogP contribution is -2.54. The molecule has 0 unspecified atom stereocenters. The van der Waals surface area contributed by atoms with Crippen LogP contribution in [0.25, 0.3) is 0 Å². The van der Waals surface area contributed by atoms with E-state index in [9.17, 15) is 14.0 Å². The summed E-state index contributed by atoms with van der Waals surface area (Å²) in [6, 6.07) is 15.3. The topological polar surface area (TPSA) is 49.4 Å². The second-order valence-electron chi connectivity index (χ2n) is 8.29. The van der Waals surface area contributed by atoms with Crippen molar-refractivity contribution >= 4 is 11.8 Å². The molecule has 2 amide bonds. The normalized spacial score (nSPS) is 12.3. The molecule has 2 aromatic carbocycles. The first-order valence-electron chi connectivity index (χ1n) is 10.1. The zero-order valence-electron chi connectivity index (χ0n) is 17.7. The van der Waals surface area contributed by atoms with Crippen molar-refractivity contribution in [1.82, 2.24) is 10.2 Å². The van der Waals surface area contributed by atoms with E-state index < -0.39 is 6.04 Å². The van der Waals surface area contributed by atoms with Crippen molar-refractivity contribution in [3.63, 3.8) is 0 Å². The molecule has 0 aliphatic heterocycles. The maximum atomic E-state index is 13.2. The molecule has 1 atom stereocenters. The van der Waals surface area contributed by atoms with Gasteiger partial charge in [-0.25, -0.2) is 4.39 Å². The number of hydrogen-bond acceptors (Lipinski definition) is 2. The maximum Gasteiger partial charge on any atom is 0.243 e. The van der Waals surface area contributed by atoms with Gasteiger partial charge in [0.2, 0.25) is 11.8 Å². The SMILES string of the molecule is CC[C@@H](C(=O)NC(C)(C)C)N(CCc1ccccc1)C(=O)Cc1ccc(F)cc1. The van der Waals surface area contributed by atoms with Crippen LogP contribution in [0.2, 0.25) is 0 Å². The van der Waals surface area contributed by atoms with Crippen molar-refractivity contribution in [3.05, 3.63) is 71.5 Å². The van der Waals surface area contributed by atoms with Crippen molar-refractivity contribution in [2.45, 2.75) is 58.5 Å². The van der Waals surface area contributed by atoms with Crippen LogP contribution in [0.3, 0.4) is 0 Å². The second kappa shape index (κ2) is 10.2. The Labute approximate surface area is 173 Å². The lowest BCUT2D eigenvalue weighted by molar-refractivity contribution is -0.140.